The van der Waals surface area contributed by atoms with Crippen LogP contribution in [0.5, 0.6) is 23.0 Å². The first-order chi connectivity index (χ1) is 16.0. The molecule has 0 atom stereocenters. The van der Waals surface area contributed by atoms with Crippen molar-refractivity contribution in [3.05, 3.63) is 108 Å². The number of hydrogen-bond acceptors (Lipinski definition) is 4. The molecule has 4 rings (SSSR count). The standard InChI is InChI=1S/C29H30N2O2/c1-3-20-29(2,25-8-4-6-10-27(25)32-23-16-12-21(30)13-17-23)26-9-5-7-11-28(26)33-24-18-14-22(31)15-19-24/h4-19H,3,20,30-31H2,1-2H3. The molecule has 4 aromatic rings. The Hall–Kier alpha value is -3.92. The summed E-state index contributed by atoms with van der Waals surface area (Å²) in [5, 5.41) is 0. The van der Waals surface area contributed by atoms with E-state index in [4.69, 9.17) is 20.9 Å². The van der Waals surface area contributed by atoms with Gasteiger partial charge in [0, 0.05) is 27.9 Å². The Labute approximate surface area is 195 Å². The molecular formula is C29H30N2O2. The predicted octanol–water partition coefficient (Wildman–Crippen LogP) is 7.54. The van der Waals surface area contributed by atoms with Crippen LogP contribution in [0, 0.1) is 0 Å². The molecule has 4 N–H and O–H groups in total. The number of ether oxygens (including phenoxy) is 2. The molecule has 0 saturated heterocycles. The molecule has 0 amide bonds. The van der Waals surface area contributed by atoms with Crippen molar-refractivity contribution in [2.45, 2.75) is 32.1 Å². The van der Waals surface area contributed by atoms with Gasteiger partial charge in [-0.05, 0) is 67.1 Å². The number of hydrogen-bond donors (Lipinski definition) is 2. The van der Waals surface area contributed by atoms with Crippen LogP contribution in [0.3, 0.4) is 0 Å². The lowest BCUT2D eigenvalue weighted by Crippen LogP contribution is -2.25. The molecule has 0 aromatic heterocycles. The maximum atomic E-state index is 6.34. The van der Waals surface area contributed by atoms with Gasteiger partial charge in [-0.3, -0.25) is 0 Å². The minimum Gasteiger partial charge on any atom is -0.457 e. The van der Waals surface area contributed by atoms with Gasteiger partial charge >= 0.3 is 0 Å². The molecule has 168 valence electrons. The summed E-state index contributed by atoms with van der Waals surface area (Å²) >= 11 is 0. The zero-order chi connectivity index (χ0) is 23.3. The molecule has 0 aliphatic heterocycles. The molecule has 4 aromatic carbocycles. The van der Waals surface area contributed by atoms with Crippen LogP contribution in [0.2, 0.25) is 0 Å². The van der Waals surface area contributed by atoms with Crippen molar-refractivity contribution in [1.82, 2.24) is 0 Å². The van der Waals surface area contributed by atoms with Gasteiger partial charge < -0.3 is 20.9 Å². The SMILES string of the molecule is CCCC(C)(c1ccccc1Oc1ccc(N)cc1)c1ccccc1Oc1ccc(N)cc1. The average Bonchev–Trinajstić information content (AvgIpc) is 2.83. The Bertz CT molecular complexity index is 1110. The highest BCUT2D eigenvalue weighted by atomic mass is 16.5. The number of para-hydroxylation sites is 2. The molecule has 0 aliphatic carbocycles. The summed E-state index contributed by atoms with van der Waals surface area (Å²) in [6, 6.07) is 31.4. The van der Waals surface area contributed by atoms with Gasteiger partial charge in [-0.2, -0.15) is 0 Å². The predicted molar refractivity (Wildman–Crippen MR) is 136 cm³/mol. The van der Waals surface area contributed by atoms with Crippen molar-refractivity contribution in [2.75, 3.05) is 11.5 Å². The fraction of sp³-hybridized carbons (Fsp3) is 0.172. The Morgan fingerprint density at radius 1 is 0.606 bits per heavy atom. The third-order valence-corrected chi connectivity index (χ3v) is 5.93. The molecular weight excluding hydrogens is 408 g/mol. The topological polar surface area (TPSA) is 70.5 Å². The second-order valence-corrected chi connectivity index (χ2v) is 8.42. The summed E-state index contributed by atoms with van der Waals surface area (Å²) in [4.78, 5) is 0. The van der Waals surface area contributed by atoms with E-state index in [0.717, 1.165) is 47.0 Å². The van der Waals surface area contributed by atoms with Crippen LogP contribution in [0.1, 0.15) is 37.8 Å². The third kappa shape index (κ3) is 4.96. The molecule has 33 heavy (non-hydrogen) atoms. The van der Waals surface area contributed by atoms with Crippen LogP contribution in [-0.4, -0.2) is 0 Å². The fourth-order valence-corrected chi connectivity index (χ4v) is 4.26. The van der Waals surface area contributed by atoms with Crippen molar-refractivity contribution < 1.29 is 9.47 Å². The zero-order valence-corrected chi connectivity index (χ0v) is 19.1. The van der Waals surface area contributed by atoms with E-state index in [9.17, 15) is 0 Å². The van der Waals surface area contributed by atoms with E-state index in [0.29, 0.717) is 11.4 Å². The molecule has 0 unspecified atom stereocenters. The van der Waals surface area contributed by atoms with Crippen LogP contribution >= 0.6 is 0 Å². The molecule has 0 bridgehead atoms. The molecule has 0 heterocycles. The van der Waals surface area contributed by atoms with E-state index in [-0.39, 0.29) is 5.41 Å². The van der Waals surface area contributed by atoms with E-state index >= 15 is 0 Å². The maximum Gasteiger partial charge on any atom is 0.131 e. The summed E-state index contributed by atoms with van der Waals surface area (Å²) < 4.78 is 12.7. The van der Waals surface area contributed by atoms with Crippen molar-refractivity contribution in [1.29, 1.82) is 0 Å². The van der Waals surface area contributed by atoms with Gasteiger partial charge in [-0.15, -0.1) is 0 Å². The number of nitrogen functional groups attached to an aromatic ring is 2. The lowest BCUT2D eigenvalue weighted by atomic mass is 9.72. The summed E-state index contributed by atoms with van der Waals surface area (Å²) in [5.74, 6) is 3.14. The smallest absolute Gasteiger partial charge is 0.131 e. The Balaban J connectivity index is 1.77. The number of nitrogens with two attached hydrogens (primary N) is 2. The first-order valence-corrected chi connectivity index (χ1v) is 11.3. The summed E-state index contributed by atoms with van der Waals surface area (Å²) in [7, 11) is 0. The largest absolute Gasteiger partial charge is 0.457 e. The van der Waals surface area contributed by atoms with Crippen LogP contribution in [-0.2, 0) is 5.41 Å². The molecule has 0 spiro atoms. The Kier molecular flexibility index (Phi) is 6.55. The monoisotopic (exact) mass is 438 g/mol. The van der Waals surface area contributed by atoms with Crippen LogP contribution in [0.25, 0.3) is 0 Å². The second-order valence-electron chi connectivity index (χ2n) is 8.42. The number of rotatable bonds is 8. The summed E-state index contributed by atoms with van der Waals surface area (Å²) in [6.07, 6.45) is 1.93. The number of anilines is 2. The van der Waals surface area contributed by atoms with E-state index in [1.54, 1.807) is 0 Å². The van der Waals surface area contributed by atoms with Gasteiger partial charge in [0.25, 0.3) is 0 Å². The lowest BCUT2D eigenvalue weighted by molar-refractivity contribution is 0.420. The minimum absolute atomic E-state index is 0.330. The van der Waals surface area contributed by atoms with Gasteiger partial charge in [0.15, 0.2) is 0 Å². The Morgan fingerprint density at radius 2 is 1.00 bits per heavy atom. The summed E-state index contributed by atoms with van der Waals surface area (Å²) in [6.45, 7) is 4.46. The van der Waals surface area contributed by atoms with E-state index in [2.05, 4.69) is 38.1 Å². The lowest BCUT2D eigenvalue weighted by Gasteiger charge is -2.33. The van der Waals surface area contributed by atoms with Gasteiger partial charge in [0.1, 0.15) is 23.0 Å². The number of benzene rings is 4. The van der Waals surface area contributed by atoms with Gasteiger partial charge in [0.2, 0.25) is 0 Å². The van der Waals surface area contributed by atoms with Gasteiger partial charge in [-0.25, -0.2) is 0 Å². The van der Waals surface area contributed by atoms with Crippen LogP contribution < -0.4 is 20.9 Å². The third-order valence-electron chi connectivity index (χ3n) is 5.93. The first-order valence-electron chi connectivity index (χ1n) is 11.3. The van der Waals surface area contributed by atoms with Crippen molar-refractivity contribution in [3.8, 4) is 23.0 Å². The van der Waals surface area contributed by atoms with Crippen LogP contribution in [0.15, 0.2) is 97.1 Å². The molecule has 0 radical (unpaired) electrons. The summed E-state index contributed by atoms with van der Waals surface area (Å²) in [5.41, 5.74) is 15.0. The average molecular weight is 439 g/mol. The molecule has 0 aliphatic rings. The highest BCUT2D eigenvalue weighted by molar-refractivity contribution is 5.54. The van der Waals surface area contributed by atoms with E-state index in [1.807, 2.05) is 72.8 Å². The van der Waals surface area contributed by atoms with Gasteiger partial charge in [-0.1, -0.05) is 56.7 Å². The van der Waals surface area contributed by atoms with E-state index < -0.39 is 0 Å². The van der Waals surface area contributed by atoms with Crippen molar-refractivity contribution >= 4 is 11.4 Å². The first kappa shape index (κ1) is 22.3. The van der Waals surface area contributed by atoms with E-state index in [1.165, 1.54) is 0 Å². The Morgan fingerprint density at radius 3 is 1.39 bits per heavy atom. The second kappa shape index (κ2) is 9.70. The highest BCUT2D eigenvalue weighted by Crippen LogP contribution is 2.46. The quantitative estimate of drug-likeness (QED) is 0.279. The minimum atomic E-state index is -0.330. The van der Waals surface area contributed by atoms with Gasteiger partial charge in [0.05, 0.1) is 0 Å². The van der Waals surface area contributed by atoms with Crippen LogP contribution in [0.4, 0.5) is 11.4 Å². The molecule has 4 heteroatoms. The normalized spacial score (nSPS) is 11.2. The van der Waals surface area contributed by atoms with Crippen molar-refractivity contribution in [2.24, 2.45) is 0 Å². The molecule has 0 fully saturated rings. The fourth-order valence-electron chi connectivity index (χ4n) is 4.26. The molecule has 4 nitrogen and oxygen atoms in total. The van der Waals surface area contributed by atoms with Crippen molar-refractivity contribution in [3.63, 3.8) is 0 Å². The zero-order valence-electron chi connectivity index (χ0n) is 19.1. The molecule has 0 saturated carbocycles. The highest BCUT2D eigenvalue weighted by Gasteiger charge is 2.34. The maximum absolute atomic E-state index is 6.34.